The number of hydrogen-bond acceptors (Lipinski definition) is 4. The van der Waals surface area contributed by atoms with Crippen LogP contribution in [0.25, 0.3) is 0 Å². The van der Waals surface area contributed by atoms with Gasteiger partial charge in [-0.25, -0.2) is 4.79 Å². The molecule has 1 amide bonds. The van der Waals surface area contributed by atoms with Crippen molar-refractivity contribution in [3.63, 3.8) is 0 Å². The van der Waals surface area contributed by atoms with E-state index in [2.05, 4.69) is 16.5 Å². The van der Waals surface area contributed by atoms with Crippen LogP contribution >= 0.6 is 0 Å². The average Bonchev–Trinajstić information content (AvgIpc) is 2.72. The standard InChI is InChI=1S/C17H30N4O2/c1-17(2,3)23-16(22)21-12-5-6-14(9-13-21)18-10-7-15-8-11-19-20(15)4/h8,11,14,18H,5-7,9-10,12-13H2,1-4H3. The quantitative estimate of drug-likeness (QED) is 0.924. The van der Waals surface area contributed by atoms with Crippen LogP contribution in [0.2, 0.25) is 0 Å². The van der Waals surface area contributed by atoms with E-state index < -0.39 is 5.60 Å². The number of hydrogen-bond donors (Lipinski definition) is 1. The fraction of sp³-hybridized carbons (Fsp3) is 0.765. The zero-order valence-electron chi connectivity index (χ0n) is 14.8. The third-order valence-electron chi connectivity index (χ3n) is 4.12. The van der Waals surface area contributed by atoms with Crippen molar-refractivity contribution in [2.45, 2.75) is 58.1 Å². The molecule has 1 atom stereocenters. The van der Waals surface area contributed by atoms with Crippen LogP contribution < -0.4 is 5.32 Å². The molecular weight excluding hydrogens is 292 g/mol. The van der Waals surface area contributed by atoms with Gasteiger partial charge in [-0.1, -0.05) is 0 Å². The van der Waals surface area contributed by atoms with E-state index in [1.54, 1.807) is 0 Å². The Morgan fingerprint density at radius 3 is 2.83 bits per heavy atom. The molecule has 0 radical (unpaired) electrons. The molecule has 0 saturated carbocycles. The van der Waals surface area contributed by atoms with Gasteiger partial charge in [0.15, 0.2) is 0 Å². The summed E-state index contributed by atoms with van der Waals surface area (Å²) in [6.45, 7) is 8.21. The number of nitrogens with zero attached hydrogens (tertiary/aromatic N) is 3. The van der Waals surface area contributed by atoms with E-state index >= 15 is 0 Å². The van der Waals surface area contributed by atoms with Crippen LogP contribution in [0.4, 0.5) is 4.79 Å². The molecule has 1 aliphatic rings. The molecule has 2 rings (SSSR count). The fourth-order valence-corrected chi connectivity index (χ4v) is 2.86. The van der Waals surface area contributed by atoms with Gasteiger partial charge in [0.05, 0.1) is 0 Å². The number of ether oxygens (including phenoxy) is 1. The molecule has 0 aromatic carbocycles. The number of amides is 1. The first-order chi connectivity index (χ1) is 10.8. The Morgan fingerprint density at radius 1 is 1.39 bits per heavy atom. The van der Waals surface area contributed by atoms with Crippen LogP contribution in [-0.2, 0) is 18.2 Å². The summed E-state index contributed by atoms with van der Waals surface area (Å²) in [7, 11) is 1.97. The highest BCUT2D eigenvalue weighted by molar-refractivity contribution is 5.68. The van der Waals surface area contributed by atoms with Gasteiger partial charge >= 0.3 is 6.09 Å². The third-order valence-corrected chi connectivity index (χ3v) is 4.12. The predicted octanol–water partition coefficient (Wildman–Crippen LogP) is 2.34. The Morgan fingerprint density at radius 2 is 2.17 bits per heavy atom. The minimum absolute atomic E-state index is 0.187. The maximum absolute atomic E-state index is 12.2. The number of carbonyl (C=O) groups is 1. The van der Waals surface area contributed by atoms with Crippen LogP contribution in [0.5, 0.6) is 0 Å². The molecule has 0 spiro atoms. The summed E-state index contributed by atoms with van der Waals surface area (Å²) < 4.78 is 7.38. The average molecular weight is 322 g/mol. The maximum Gasteiger partial charge on any atom is 0.410 e. The lowest BCUT2D eigenvalue weighted by Gasteiger charge is -2.26. The van der Waals surface area contributed by atoms with Crippen molar-refractivity contribution in [1.82, 2.24) is 20.0 Å². The third kappa shape index (κ3) is 5.86. The zero-order chi connectivity index (χ0) is 16.9. The van der Waals surface area contributed by atoms with Gasteiger partial charge in [0, 0.05) is 51.0 Å². The van der Waals surface area contributed by atoms with E-state index in [-0.39, 0.29) is 6.09 Å². The molecule has 1 fully saturated rings. The molecule has 1 aromatic heterocycles. The highest BCUT2D eigenvalue weighted by Gasteiger charge is 2.24. The lowest BCUT2D eigenvalue weighted by Crippen LogP contribution is -2.38. The van der Waals surface area contributed by atoms with Crippen LogP contribution in [0.3, 0.4) is 0 Å². The summed E-state index contributed by atoms with van der Waals surface area (Å²) in [6, 6.07) is 2.52. The number of nitrogens with one attached hydrogen (secondary N) is 1. The normalized spacial score (nSPS) is 19.5. The number of carbonyl (C=O) groups excluding carboxylic acids is 1. The number of aryl methyl sites for hydroxylation is 1. The predicted molar refractivity (Wildman–Crippen MR) is 90.4 cm³/mol. The van der Waals surface area contributed by atoms with E-state index in [0.29, 0.717) is 6.04 Å². The van der Waals surface area contributed by atoms with Crippen LogP contribution in [0, 0.1) is 0 Å². The molecular formula is C17H30N4O2. The molecule has 1 N–H and O–H groups in total. The molecule has 6 heteroatoms. The van der Waals surface area contributed by atoms with E-state index in [1.165, 1.54) is 5.69 Å². The summed E-state index contributed by atoms with van der Waals surface area (Å²) in [6.07, 6.45) is 5.72. The molecule has 2 heterocycles. The van der Waals surface area contributed by atoms with Gasteiger partial charge in [0.2, 0.25) is 0 Å². The minimum atomic E-state index is -0.426. The van der Waals surface area contributed by atoms with Gasteiger partial charge in [-0.15, -0.1) is 0 Å². The summed E-state index contributed by atoms with van der Waals surface area (Å²) >= 11 is 0. The van der Waals surface area contributed by atoms with Crippen LogP contribution in [0.1, 0.15) is 45.7 Å². The molecule has 6 nitrogen and oxygen atoms in total. The Balaban J connectivity index is 1.73. The van der Waals surface area contributed by atoms with E-state index in [9.17, 15) is 4.79 Å². The van der Waals surface area contributed by atoms with Gasteiger partial charge in [-0.3, -0.25) is 4.68 Å². The second kappa shape index (κ2) is 7.81. The highest BCUT2D eigenvalue weighted by atomic mass is 16.6. The van der Waals surface area contributed by atoms with Crippen LogP contribution in [-0.4, -0.2) is 52.1 Å². The Kier molecular flexibility index (Phi) is 6.04. The van der Waals surface area contributed by atoms with Gasteiger partial charge in [0.25, 0.3) is 0 Å². The molecule has 130 valence electrons. The SMILES string of the molecule is Cn1nccc1CCNC1CCCN(C(=O)OC(C)(C)C)CC1. The summed E-state index contributed by atoms with van der Waals surface area (Å²) in [5, 5.41) is 7.80. The summed E-state index contributed by atoms with van der Waals surface area (Å²) in [5.74, 6) is 0. The Hall–Kier alpha value is -1.56. The van der Waals surface area contributed by atoms with Crippen LogP contribution in [0.15, 0.2) is 12.3 Å². The van der Waals surface area contributed by atoms with Crippen molar-refractivity contribution < 1.29 is 9.53 Å². The van der Waals surface area contributed by atoms with Gasteiger partial charge in [-0.2, -0.15) is 5.10 Å². The smallest absolute Gasteiger partial charge is 0.410 e. The Labute approximate surface area is 139 Å². The molecule has 1 aliphatic heterocycles. The minimum Gasteiger partial charge on any atom is -0.444 e. The first-order valence-corrected chi connectivity index (χ1v) is 8.53. The van der Waals surface area contributed by atoms with E-state index in [1.807, 2.05) is 43.6 Å². The van der Waals surface area contributed by atoms with Crippen molar-refractivity contribution in [2.24, 2.45) is 7.05 Å². The molecule has 1 aromatic rings. The molecule has 1 unspecified atom stereocenters. The zero-order valence-corrected chi connectivity index (χ0v) is 14.8. The topological polar surface area (TPSA) is 59.4 Å². The van der Waals surface area contributed by atoms with Crippen molar-refractivity contribution in [3.05, 3.63) is 18.0 Å². The molecule has 23 heavy (non-hydrogen) atoms. The van der Waals surface area contributed by atoms with Crippen molar-refractivity contribution in [2.75, 3.05) is 19.6 Å². The van der Waals surface area contributed by atoms with Gasteiger partial charge < -0.3 is 15.0 Å². The van der Waals surface area contributed by atoms with Gasteiger partial charge in [0.1, 0.15) is 5.60 Å². The second-order valence-corrected chi connectivity index (χ2v) is 7.25. The number of rotatable bonds is 4. The molecule has 1 saturated heterocycles. The van der Waals surface area contributed by atoms with E-state index in [0.717, 1.165) is 45.3 Å². The largest absolute Gasteiger partial charge is 0.444 e. The van der Waals surface area contributed by atoms with Crippen molar-refractivity contribution in [1.29, 1.82) is 0 Å². The number of likely N-dealkylation sites (tertiary alicyclic amines) is 1. The molecule has 0 bridgehead atoms. The van der Waals surface area contributed by atoms with Crippen molar-refractivity contribution >= 4 is 6.09 Å². The monoisotopic (exact) mass is 322 g/mol. The first kappa shape index (κ1) is 17.8. The lowest BCUT2D eigenvalue weighted by atomic mass is 10.1. The van der Waals surface area contributed by atoms with Crippen molar-refractivity contribution in [3.8, 4) is 0 Å². The van der Waals surface area contributed by atoms with Gasteiger partial charge in [-0.05, 0) is 46.1 Å². The first-order valence-electron chi connectivity index (χ1n) is 8.53. The summed E-state index contributed by atoms with van der Waals surface area (Å²) in [5.41, 5.74) is 0.811. The highest BCUT2D eigenvalue weighted by Crippen LogP contribution is 2.15. The molecule has 0 aliphatic carbocycles. The fourth-order valence-electron chi connectivity index (χ4n) is 2.86. The maximum atomic E-state index is 12.2. The number of aromatic nitrogens is 2. The Bertz CT molecular complexity index is 507. The summed E-state index contributed by atoms with van der Waals surface area (Å²) in [4.78, 5) is 14.0. The van der Waals surface area contributed by atoms with E-state index in [4.69, 9.17) is 4.74 Å². The second-order valence-electron chi connectivity index (χ2n) is 7.25. The lowest BCUT2D eigenvalue weighted by molar-refractivity contribution is 0.0256.